The summed E-state index contributed by atoms with van der Waals surface area (Å²) in [4.78, 5) is 14.4. The molecule has 0 unspecified atom stereocenters. The fourth-order valence-electron chi connectivity index (χ4n) is 2.64. The molecule has 0 bridgehead atoms. The summed E-state index contributed by atoms with van der Waals surface area (Å²) in [5.41, 5.74) is 0.0435. The highest BCUT2D eigenvalue weighted by Gasteiger charge is 2.20. The van der Waals surface area contributed by atoms with E-state index in [1.807, 2.05) is 0 Å². The predicted octanol–water partition coefficient (Wildman–Crippen LogP) is 2.57. The molecule has 1 N–H and O–H groups in total. The molecule has 1 fully saturated rings. The standard InChI is InChI=1S/C16H22ClFN2O2/c1-22-9-8-20-6-4-12(5-7-20)11-19-16(21)14-3-2-13(17)10-15(14)18/h2-3,10,12H,4-9,11H2,1H3,(H,19,21). The second-order valence-corrected chi connectivity index (χ2v) is 6.05. The number of methoxy groups -OCH3 is 1. The van der Waals surface area contributed by atoms with Crippen molar-refractivity contribution in [3.63, 3.8) is 0 Å². The van der Waals surface area contributed by atoms with Gasteiger partial charge >= 0.3 is 0 Å². The number of benzene rings is 1. The van der Waals surface area contributed by atoms with Gasteiger partial charge in [0.05, 0.1) is 12.2 Å². The Kier molecular flexibility index (Phi) is 6.61. The Morgan fingerprint density at radius 1 is 1.45 bits per heavy atom. The Bertz CT molecular complexity index is 505. The molecular formula is C16H22ClFN2O2. The van der Waals surface area contributed by atoms with E-state index in [4.69, 9.17) is 16.3 Å². The van der Waals surface area contributed by atoms with Gasteiger partial charge < -0.3 is 15.0 Å². The van der Waals surface area contributed by atoms with E-state index in [1.54, 1.807) is 7.11 Å². The molecule has 0 atom stereocenters. The van der Waals surface area contributed by atoms with Gasteiger partial charge in [-0.3, -0.25) is 4.79 Å². The number of carbonyl (C=O) groups is 1. The molecule has 1 saturated heterocycles. The summed E-state index contributed by atoms with van der Waals surface area (Å²) in [7, 11) is 1.71. The third kappa shape index (κ3) is 4.93. The zero-order chi connectivity index (χ0) is 15.9. The molecule has 0 saturated carbocycles. The molecule has 0 radical (unpaired) electrons. The van der Waals surface area contributed by atoms with E-state index in [-0.39, 0.29) is 16.5 Å². The Morgan fingerprint density at radius 2 is 2.18 bits per heavy atom. The average molecular weight is 329 g/mol. The Hall–Kier alpha value is -1.17. The summed E-state index contributed by atoms with van der Waals surface area (Å²) in [5, 5.41) is 3.11. The fourth-order valence-corrected chi connectivity index (χ4v) is 2.80. The van der Waals surface area contributed by atoms with Crippen LogP contribution in [0.25, 0.3) is 0 Å². The van der Waals surface area contributed by atoms with Crippen molar-refractivity contribution >= 4 is 17.5 Å². The maximum absolute atomic E-state index is 13.7. The van der Waals surface area contributed by atoms with Crippen molar-refractivity contribution in [2.75, 3.05) is 39.9 Å². The number of likely N-dealkylation sites (tertiary alicyclic amines) is 1. The number of amides is 1. The number of rotatable bonds is 6. The maximum atomic E-state index is 13.7. The molecule has 1 amide bonds. The third-order valence-electron chi connectivity index (χ3n) is 4.05. The zero-order valence-corrected chi connectivity index (χ0v) is 13.5. The number of nitrogens with one attached hydrogen (secondary N) is 1. The molecule has 1 aliphatic rings. The van der Waals surface area contributed by atoms with E-state index in [9.17, 15) is 9.18 Å². The summed E-state index contributed by atoms with van der Waals surface area (Å²) >= 11 is 5.68. The lowest BCUT2D eigenvalue weighted by molar-refractivity contribution is 0.0922. The van der Waals surface area contributed by atoms with Gasteiger partial charge in [0.1, 0.15) is 5.82 Å². The van der Waals surface area contributed by atoms with Crippen LogP contribution in [0.1, 0.15) is 23.2 Å². The number of piperidine rings is 1. The summed E-state index contributed by atoms with van der Waals surface area (Å²) in [6.45, 7) is 4.31. The molecule has 1 aliphatic heterocycles. The summed E-state index contributed by atoms with van der Waals surface area (Å²) < 4.78 is 18.7. The normalized spacial score (nSPS) is 16.7. The highest BCUT2D eigenvalue weighted by atomic mass is 35.5. The smallest absolute Gasteiger partial charge is 0.254 e. The Balaban J connectivity index is 1.75. The fraction of sp³-hybridized carbons (Fsp3) is 0.562. The molecule has 22 heavy (non-hydrogen) atoms. The van der Waals surface area contributed by atoms with Gasteiger partial charge in [-0.25, -0.2) is 4.39 Å². The summed E-state index contributed by atoms with van der Waals surface area (Å²) in [5.74, 6) is -0.520. The lowest BCUT2D eigenvalue weighted by Gasteiger charge is -2.31. The molecular weight excluding hydrogens is 307 g/mol. The molecule has 2 rings (SSSR count). The molecule has 122 valence electrons. The van der Waals surface area contributed by atoms with Crippen molar-refractivity contribution in [1.82, 2.24) is 10.2 Å². The first-order chi connectivity index (χ1) is 10.6. The Morgan fingerprint density at radius 3 is 2.82 bits per heavy atom. The van der Waals surface area contributed by atoms with Crippen molar-refractivity contribution in [3.05, 3.63) is 34.6 Å². The number of halogens is 2. The molecule has 0 aromatic heterocycles. The largest absolute Gasteiger partial charge is 0.383 e. The number of hydrogen-bond acceptors (Lipinski definition) is 3. The second-order valence-electron chi connectivity index (χ2n) is 5.61. The lowest BCUT2D eigenvalue weighted by Crippen LogP contribution is -2.40. The van der Waals surface area contributed by atoms with Gasteiger partial charge in [0, 0.05) is 25.2 Å². The van der Waals surface area contributed by atoms with Crippen LogP contribution in [0.15, 0.2) is 18.2 Å². The van der Waals surface area contributed by atoms with Gasteiger partial charge in [0.15, 0.2) is 0 Å². The van der Waals surface area contributed by atoms with Gasteiger partial charge in [-0.1, -0.05) is 11.6 Å². The minimum atomic E-state index is -0.584. The van der Waals surface area contributed by atoms with Crippen molar-refractivity contribution in [3.8, 4) is 0 Å². The SMILES string of the molecule is COCCN1CCC(CNC(=O)c2ccc(Cl)cc2F)CC1. The molecule has 1 heterocycles. The van der Waals surface area contributed by atoms with Crippen LogP contribution in [0.4, 0.5) is 4.39 Å². The maximum Gasteiger partial charge on any atom is 0.254 e. The van der Waals surface area contributed by atoms with E-state index < -0.39 is 5.82 Å². The van der Waals surface area contributed by atoms with Crippen LogP contribution in [-0.4, -0.2) is 50.7 Å². The average Bonchev–Trinajstić information content (AvgIpc) is 2.51. The van der Waals surface area contributed by atoms with E-state index in [2.05, 4.69) is 10.2 Å². The van der Waals surface area contributed by atoms with Crippen molar-refractivity contribution in [1.29, 1.82) is 0 Å². The second kappa shape index (κ2) is 8.46. The highest BCUT2D eigenvalue weighted by molar-refractivity contribution is 6.30. The van der Waals surface area contributed by atoms with Crippen LogP contribution in [0.2, 0.25) is 5.02 Å². The molecule has 1 aromatic rings. The molecule has 1 aromatic carbocycles. The van der Waals surface area contributed by atoms with Gasteiger partial charge in [-0.15, -0.1) is 0 Å². The van der Waals surface area contributed by atoms with Gasteiger partial charge in [0.2, 0.25) is 0 Å². The van der Waals surface area contributed by atoms with Crippen molar-refractivity contribution < 1.29 is 13.9 Å². The number of carbonyl (C=O) groups excluding carboxylic acids is 1. The number of nitrogens with zero attached hydrogens (tertiary/aromatic N) is 1. The van der Waals surface area contributed by atoms with Gasteiger partial charge in [-0.05, 0) is 50.0 Å². The Labute approximate surface area is 135 Å². The van der Waals surface area contributed by atoms with Gasteiger partial charge in [-0.2, -0.15) is 0 Å². The first-order valence-electron chi connectivity index (χ1n) is 7.54. The van der Waals surface area contributed by atoms with Gasteiger partial charge in [0.25, 0.3) is 5.91 Å². The van der Waals surface area contributed by atoms with Crippen LogP contribution >= 0.6 is 11.6 Å². The molecule has 0 aliphatic carbocycles. The topological polar surface area (TPSA) is 41.6 Å². The van der Waals surface area contributed by atoms with E-state index >= 15 is 0 Å². The van der Waals surface area contributed by atoms with Crippen LogP contribution in [0, 0.1) is 11.7 Å². The van der Waals surface area contributed by atoms with Crippen molar-refractivity contribution in [2.45, 2.75) is 12.8 Å². The third-order valence-corrected chi connectivity index (χ3v) is 4.28. The molecule has 6 heteroatoms. The highest BCUT2D eigenvalue weighted by Crippen LogP contribution is 2.17. The van der Waals surface area contributed by atoms with Crippen LogP contribution in [-0.2, 0) is 4.74 Å². The monoisotopic (exact) mass is 328 g/mol. The predicted molar refractivity (Wildman–Crippen MR) is 84.8 cm³/mol. The first kappa shape index (κ1) is 17.2. The van der Waals surface area contributed by atoms with E-state index in [0.29, 0.717) is 12.5 Å². The van der Waals surface area contributed by atoms with Crippen LogP contribution in [0.3, 0.4) is 0 Å². The minimum Gasteiger partial charge on any atom is -0.383 e. The van der Waals surface area contributed by atoms with Crippen LogP contribution < -0.4 is 5.32 Å². The number of ether oxygens (including phenoxy) is 1. The molecule has 0 spiro atoms. The van der Waals surface area contributed by atoms with Crippen molar-refractivity contribution in [2.24, 2.45) is 5.92 Å². The summed E-state index contributed by atoms with van der Waals surface area (Å²) in [6, 6.07) is 4.10. The quantitative estimate of drug-likeness (QED) is 0.872. The zero-order valence-electron chi connectivity index (χ0n) is 12.8. The van der Waals surface area contributed by atoms with E-state index in [1.165, 1.54) is 12.1 Å². The first-order valence-corrected chi connectivity index (χ1v) is 7.92. The molecule has 4 nitrogen and oxygen atoms in total. The van der Waals surface area contributed by atoms with Crippen LogP contribution in [0.5, 0.6) is 0 Å². The van der Waals surface area contributed by atoms with E-state index in [0.717, 1.165) is 45.1 Å². The summed E-state index contributed by atoms with van der Waals surface area (Å²) in [6.07, 6.45) is 2.07. The lowest BCUT2D eigenvalue weighted by atomic mass is 9.96. The minimum absolute atomic E-state index is 0.0435. The number of hydrogen-bond donors (Lipinski definition) is 1.